The van der Waals surface area contributed by atoms with Crippen molar-refractivity contribution in [2.75, 3.05) is 0 Å². The summed E-state index contributed by atoms with van der Waals surface area (Å²) in [5, 5.41) is 2.51. The number of hydrogen-bond donors (Lipinski definition) is 2. The van der Waals surface area contributed by atoms with E-state index in [1.165, 1.54) is 6.92 Å². The molecular weight excluding hydrogens is 156 g/mol. The number of nitrogens with one attached hydrogen (secondary N) is 1. The van der Waals surface area contributed by atoms with E-state index in [4.69, 9.17) is 5.73 Å². The molecule has 0 aliphatic carbocycles. The third-order valence-corrected chi connectivity index (χ3v) is 1.50. The summed E-state index contributed by atoms with van der Waals surface area (Å²) in [4.78, 5) is 21.6. The van der Waals surface area contributed by atoms with Crippen LogP contribution in [-0.2, 0) is 9.59 Å². The first-order valence-corrected chi connectivity index (χ1v) is 3.81. The lowest BCUT2D eigenvalue weighted by molar-refractivity contribution is -0.128. The van der Waals surface area contributed by atoms with Gasteiger partial charge in [0, 0.05) is 6.92 Å². The van der Waals surface area contributed by atoms with Gasteiger partial charge in [-0.15, -0.1) is 0 Å². The molecular formula is C8H16N2O2. The summed E-state index contributed by atoms with van der Waals surface area (Å²) in [5.41, 5.74) is 4.78. The van der Waals surface area contributed by atoms with Gasteiger partial charge in [-0.25, -0.2) is 0 Å². The SMILES string of the molecule is CC(=O)NC(C(N)=O)C(C)(C)C. The van der Waals surface area contributed by atoms with E-state index in [1.54, 1.807) is 0 Å². The predicted molar refractivity (Wildman–Crippen MR) is 46.3 cm³/mol. The normalized spacial score (nSPS) is 13.7. The molecule has 0 heterocycles. The molecule has 0 spiro atoms. The average Bonchev–Trinajstić information content (AvgIpc) is 1.79. The Balaban J connectivity index is 4.46. The lowest BCUT2D eigenvalue weighted by Gasteiger charge is -2.28. The largest absolute Gasteiger partial charge is 0.368 e. The van der Waals surface area contributed by atoms with E-state index < -0.39 is 11.9 Å². The van der Waals surface area contributed by atoms with Crippen molar-refractivity contribution >= 4 is 11.8 Å². The van der Waals surface area contributed by atoms with E-state index in [9.17, 15) is 9.59 Å². The molecule has 1 atom stereocenters. The van der Waals surface area contributed by atoms with Crippen LogP contribution >= 0.6 is 0 Å². The zero-order valence-corrected chi connectivity index (χ0v) is 7.97. The minimum absolute atomic E-state index is 0.242. The predicted octanol–water partition coefficient (Wildman–Crippen LogP) is 0.0225. The van der Waals surface area contributed by atoms with E-state index in [-0.39, 0.29) is 11.3 Å². The summed E-state index contributed by atoms with van der Waals surface area (Å²) in [7, 11) is 0. The number of amides is 2. The Hall–Kier alpha value is -1.06. The van der Waals surface area contributed by atoms with Gasteiger partial charge in [-0.1, -0.05) is 20.8 Å². The zero-order valence-electron chi connectivity index (χ0n) is 7.97. The molecule has 4 heteroatoms. The van der Waals surface area contributed by atoms with E-state index in [1.807, 2.05) is 20.8 Å². The second kappa shape index (κ2) is 3.56. The molecule has 0 aromatic rings. The smallest absolute Gasteiger partial charge is 0.240 e. The van der Waals surface area contributed by atoms with Gasteiger partial charge in [-0.2, -0.15) is 0 Å². The molecule has 0 rings (SSSR count). The van der Waals surface area contributed by atoms with Gasteiger partial charge >= 0.3 is 0 Å². The van der Waals surface area contributed by atoms with Crippen LogP contribution in [0.1, 0.15) is 27.7 Å². The van der Waals surface area contributed by atoms with Crippen LogP contribution in [0.5, 0.6) is 0 Å². The Morgan fingerprint density at radius 1 is 1.33 bits per heavy atom. The Bertz CT molecular complexity index is 194. The molecule has 1 unspecified atom stereocenters. The summed E-state index contributed by atoms with van der Waals surface area (Å²) in [6.07, 6.45) is 0. The van der Waals surface area contributed by atoms with Crippen LogP contribution in [0.25, 0.3) is 0 Å². The van der Waals surface area contributed by atoms with Gasteiger partial charge in [0.15, 0.2) is 0 Å². The molecule has 3 N–H and O–H groups in total. The Morgan fingerprint density at radius 3 is 1.83 bits per heavy atom. The van der Waals surface area contributed by atoms with Gasteiger partial charge in [-0.05, 0) is 5.41 Å². The lowest BCUT2D eigenvalue weighted by atomic mass is 9.86. The van der Waals surface area contributed by atoms with Gasteiger partial charge in [0.2, 0.25) is 11.8 Å². The van der Waals surface area contributed by atoms with Gasteiger partial charge in [0.05, 0.1) is 0 Å². The molecule has 0 aromatic carbocycles. The van der Waals surface area contributed by atoms with Crippen LogP contribution in [0.15, 0.2) is 0 Å². The maximum absolute atomic E-state index is 10.9. The lowest BCUT2D eigenvalue weighted by Crippen LogP contribution is -2.51. The van der Waals surface area contributed by atoms with Crippen LogP contribution in [-0.4, -0.2) is 17.9 Å². The maximum Gasteiger partial charge on any atom is 0.240 e. The van der Waals surface area contributed by atoms with Crippen molar-refractivity contribution in [3.05, 3.63) is 0 Å². The molecule has 0 bridgehead atoms. The Morgan fingerprint density at radius 2 is 1.75 bits per heavy atom. The number of carbonyl (C=O) groups is 2. The van der Waals surface area contributed by atoms with E-state index >= 15 is 0 Å². The summed E-state index contributed by atoms with van der Waals surface area (Å²) in [6.45, 7) is 6.90. The van der Waals surface area contributed by atoms with Gasteiger partial charge < -0.3 is 11.1 Å². The second-order valence-electron chi connectivity index (χ2n) is 3.90. The molecule has 4 nitrogen and oxygen atoms in total. The highest BCUT2D eigenvalue weighted by Gasteiger charge is 2.29. The molecule has 0 saturated heterocycles. The average molecular weight is 172 g/mol. The quantitative estimate of drug-likeness (QED) is 0.616. The van der Waals surface area contributed by atoms with Crippen molar-refractivity contribution < 1.29 is 9.59 Å². The minimum Gasteiger partial charge on any atom is -0.368 e. The summed E-state index contributed by atoms with van der Waals surface area (Å²) < 4.78 is 0. The highest BCUT2D eigenvalue weighted by molar-refractivity contribution is 5.86. The molecule has 0 radical (unpaired) electrons. The van der Waals surface area contributed by atoms with Gasteiger partial charge in [-0.3, -0.25) is 9.59 Å². The van der Waals surface area contributed by atoms with Crippen LogP contribution < -0.4 is 11.1 Å². The third-order valence-electron chi connectivity index (χ3n) is 1.50. The Labute approximate surface area is 72.5 Å². The Kier molecular flexibility index (Phi) is 3.24. The number of carbonyl (C=O) groups excluding carboxylic acids is 2. The van der Waals surface area contributed by atoms with Gasteiger partial charge in [0.1, 0.15) is 6.04 Å². The van der Waals surface area contributed by atoms with E-state index in [2.05, 4.69) is 5.32 Å². The topological polar surface area (TPSA) is 72.2 Å². The highest BCUT2D eigenvalue weighted by Crippen LogP contribution is 2.18. The highest BCUT2D eigenvalue weighted by atomic mass is 16.2. The van der Waals surface area contributed by atoms with Crippen molar-refractivity contribution in [3.8, 4) is 0 Å². The first kappa shape index (κ1) is 10.9. The molecule has 70 valence electrons. The fourth-order valence-electron chi connectivity index (χ4n) is 0.918. The van der Waals surface area contributed by atoms with Crippen molar-refractivity contribution in [3.63, 3.8) is 0 Å². The van der Waals surface area contributed by atoms with Crippen LogP contribution in [0, 0.1) is 5.41 Å². The second-order valence-corrected chi connectivity index (χ2v) is 3.90. The van der Waals surface area contributed by atoms with Crippen molar-refractivity contribution in [2.45, 2.75) is 33.7 Å². The zero-order chi connectivity index (χ0) is 9.94. The van der Waals surface area contributed by atoms with Crippen LogP contribution in [0.4, 0.5) is 0 Å². The molecule has 12 heavy (non-hydrogen) atoms. The van der Waals surface area contributed by atoms with E-state index in [0.717, 1.165) is 0 Å². The first-order chi connectivity index (χ1) is 5.25. The number of rotatable bonds is 2. The summed E-state index contributed by atoms with van der Waals surface area (Å²) in [6, 6.07) is -0.602. The standard InChI is InChI=1S/C8H16N2O2/c1-5(11)10-6(7(9)12)8(2,3)4/h6H,1-4H3,(H2,9,12)(H,10,11). The van der Waals surface area contributed by atoms with Crippen LogP contribution in [0.2, 0.25) is 0 Å². The molecule has 0 saturated carbocycles. The number of hydrogen-bond acceptors (Lipinski definition) is 2. The summed E-state index contributed by atoms with van der Waals surface area (Å²) >= 11 is 0. The maximum atomic E-state index is 10.9. The fraction of sp³-hybridized carbons (Fsp3) is 0.750. The molecule has 0 aliphatic rings. The first-order valence-electron chi connectivity index (χ1n) is 3.81. The number of nitrogens with two attached hydrogens (primary N) is 1. The van der Waals surface area contributed by atoms with Crippen LogP contribution in [0.3, 0.4) is 0 Å². The van der Waals surface area contributed by atoms with Crippen molar-refractivity contribution in [1.29, 1.82) is 0 Å². The molecule has 2 amide bonds. The van der Waals surface area contributed by atoms with E-state index in [0.29, 0.717) is 0 Å². The molecule has 0 aromatic heterocycles. The minimum atomic E-state index is -0.602. The third kappa shape index (κ3) is 3.37. The van der Waals surface area contributed by atoms with Gasteiger partial charge in [0.25, 0.3) is 0 Å². The summed E-state index contributed by atoms with van der Waals surface area (Å²) in [5.74, 6) is -0.744. The molecule has 0 fully saturated rings. The fourth-order valence-corrected chi connectivity index (χ4v) is 0.918. The molecule has 0 aliphatic heterocycles. The van der Waals surface area contributed by atoms with Crippen molar-refractivity contribution in [1.82, 2.24) is 5.32 Å². The van der Waals surface area contributed by atoms with Crippen molar-refractivity contribution in [2.24, 2.45) is 11.1 Å². The number of primary amides is 1. The monoisotopic (exact) mass is 172 g/mol.